The van der Waals surface area contributed by atoms with E-state index in [1.165, 1.54) is 0 Å². The standard InChI is InChI=1S/C11H8F6N2O/c12-10(13,14)6-2-1-3-7(4-6)19-9(20)8(5-18-19)11(15,16)17/h1-4,8,18H,5H2. The number of anilines is 1. The summed E-state index contributed by atoms with van der Waals surface area (Å²) in [6, 6.07) is 3.53. The van der Waals surface area contributed by atoms with E-state index < -0.39 is 36.3 Å². The molecule has 1 fully saturated rings. The Morgan fingerprint density at radius 3 is 2.30 bits per heavy atom. The molecule has 2 rings (SSSR count). The number of benzene rings is 1. The summed E-state index contributed by atoms with van der Waals surface area (Å²) < 4.78 is 75.0. The Bertz CT molecular complexity index is 524. The number of nitrogens with zero attached hydrogens (tertiary/aromatic N) is 1. The highest BCUT2D eigenvalue weighted by molar-refractivity contribution is 5.96. The lowest BCUT2D eigenvalue weighted by Crippen LogP contribution is -2.36. The number of carbonyl (C=O) groups excluding carboxylic acids is 1. The molecule has 20 heavy (non-hydrogen) atoms. The monoisotopic (exact) mass is 298 g/mol. The van der Waals surface area contributed by atoms with Gasteiger partial charge in [-0.25, -0.2) is 10.4 Å². The number of hydrogen-bond acceptors (Lipinski definition) is 2. The fourth-order valence-corrected chi connectivity index (χ4v) is 1.80. The van der Waals surface area contributed by atoms with E-state index in [0.29, 0.717) is 11.1 Å². The Morgan fingerprint density at radius 1 is 1.15 bits per heavy atom. The van der Waals surface area contributed by atoms with E-state index in [9.17, 15) is 31.1 Å². The van der Waals surface area contributed by atoms with Crippen molar-refractivity contribution in [3.8, 4) is 0 Å². The van der Waals surface area contributed by atoms with Gasteiger partial charge in [0.1, 0.15) is 5.92 Å². The largest absolute Gasteiger partial charge is 0.416 e. The van der Waals surface area contributed by atoms with E-state index in [-0.39, 0.29) is 5.69 Å². The second-order valence-corrected chi connectivity index (χ2v) is 4.18. The first kappa shape index (κ1) is 14.6. The van der Waals surface area contributed by atoms with Crippen LogP contribution < -0.4 is 10.4 Å². The molecule has 1 aliphatic rings. The maximum absolute atomic E-state index is 12.5. The van der Waals surface area contributed by atoms with Gasteiger partial charge in [-0.15, -0.1) is 0 Å². The van der Waals surface area contributed by atoms with Gasteiger partial charge >= 0.3 is 12.4 Å². The third-order valence-electron chi connectivity index (χ3n) is 2.80. The number of hydrogen-bond donors (Lipinski definition) is 1. The Labute approximate surface area is 109 Å². The van der Waals surface area contributed by atoms with Gasteiger partial charge in [-0.05, 0) is 18.2 Å². The molecular formula is C11H8F6N2O. The second kappa shape index (κ2) is 4.65. The third kappa shape index (κ3) is 2.72. The molecule has 0 saturated carbocycles. The third-order valence-corrected chi connectivity index (χ3v) is 2.80. The van der Waals surface area contributed by atoms with E-state index in [4.69, 9.17) is 0 Å². The summed E-state index contributed by atoms with van der Waals surface area (Å²) in [7, 11) is 0. The maximum atomic E-state index is 12.5. The van der Waals surface area contributed by atoms with E-state index in [0.717, 1.165) is 18.2 Å². The summed E-state index contributed by atoms with van der Waals surface area (Å²) in [5, 5.41) is 0.493. The van der Waals surface area contributed by atoms with Crippen LogP contribution in [0.3, 0.4) is 0 Å². The smallest absolute Gasteiger partial charge is 0.272 e. The van der Waals surface area contributed by atoms with Gasteiger partial charge in [0.25, 0.3) is 5.91 Å². The normalized spacial score (nSPS) is 20.6. The van der Waals surface area contributed by atoms with Gasteiger partial charge in [0.05, 0.1) is 11.3 Å². The molecule has 1 aliphatic heterocycles. The van der Waals surface area contributed by atoms with Crippen LogP contribution in [0.2, 0.25) is 0 Å². The zero-order valence-corrected chi connectivity index (χ0v) is 9.72. The molecule has 0 bridgehead atoms. The van der Waals surface area contributed by atoms with Crippen LogP contribution >= 0.6 is 0 Å². The fourth-order valence-electron chi connectivity index (χ4n) is 1.80. The van der Waals surface area contributed by atoms with Crippen molar-refractivity contribution in [1.29, 1.82) is 0 Å². The van der Waals surface area contributed by atoms with Crippen LogP contribution in [0.15, 0.2) is 24.3 Å². The van der Waals surface area contributed by atoms with Crippen molar-refractivity contribution in [3.05, 3.63) is 29.8 Å². The van der Waals surface area contributed by atoms with Crippen LogP contribution in [0.1, 0.15) is 5.56 Å². The molecule has 1 N–H and O–H groups in total. The highest BCUT2D eigenvalue weighted by atomic mass is 19.4. The number of nitrogens with one attached hydrogen (secondary N) is 1. The minimum atomic E-state index is -4.74. The topological polar surface area (TPSA) is 32.3 Å². The summed E-state index contributed by atoms with van der Waals surface area (Å²) in [5.41, 5.74) is 0.832. The first-order chi connectivity index (χ1) is 9.10. The van der Waals surface area contributed by atoms with Crippen LogP contribution in [0, 0.1) is 5.92 Å². The molecule has 110 valence electrons. The van der Waals surface area contributed by atoms with E-state index in [1.807, 2.05) is 0 Å². The Morgan fingerprint density at radius 2 is 1.80 bits per heavy atom. The molecule has 1 amide bonds. The highest BCUT2D eigenvalue weighted by Crippen LogP contribution is 2.34. The molecule has 9 heteroatoms. The number of carbonyl (C=O) groups is 1. The van der Waals surface area contributed by atoms with Crippen molar-refractivity contribution in [2.75, 3.05) is 11.6 Å². The van der Waals surface area contributed by atoms with Crippen molar-refractivity contribution in [3.63, 3.8) is 0 Å². The van der Waals surface area contributed by atoms with Gasteiger partial charge < -0.3 is 0 Å². The van der Waals surface area contributed by atoms with E-state index in [1.54, 1.807) is 0 Å². The summed E-state index contributed by atoms with van der Waals surface area (Å²) in [6.07, 6.45) is -9.37. The molecule has 1 unspecified atom stereocenters. The predicted octanol–water partition coefficient (Wildman–Crippen LogP) is 2.74. The quantitative estimate of drug-likeness (QED) is 0.809. The first-order valence-electron chi connectivity index (χ1n) is 5.42. The maximum Gasteiger partial charge on any atom is 0.416 e. The Kier molecular flexibility index (Phi) is 3.41. The van der Waals surface area contributed by atoms with Crippen molar-refractivity contribution >= 4 is 11.6 Å². The molecule has 1 atom stereocenters. The molecule has 0 aliphatic carbocycles. The highest BCUT2D eigenvalue weighted by Gasteiger charge is 2.50. The summed E-state index contributed by atoms with van der Waals surface area (Å²) >= 11 is 0. The van der Waals surface area contributed by atoms with Crippen molar-refractivity contribution in [1.82, 2.24) is 5.43 Å². The molecular weight excluding hydrogens is 290 g/mol. The predicted molar refractivity (Wildman–Crippen MR) is 56.5 cm³/mol. The average Bonchev–Trinajstić information content (AvgIpc) is 2.70. The minimum Gasteiger partial charge on any atom is -0.272 e. The molecule has 0 aromatic heterocycles. The summed E-state index contributed by atoms with van der Waals surface area (Å²) in [6.45, 7) is -0.696. The van der Waals surface area contributed by atoms with Gasteiger partial charge in [-0.3, -0.25) is 4.79 Å². The SMILES string of the molecule is O=C1C(C(F)(F)F)CNN1c1cccc(C(F)(F)F)c1. The lowest BCUT2D eigenvalue weighted by atomic mass is 10.1. The molecule has 1 aromatic rings. The molecule has 0 spiro atoms. The minimum absolute atomic E-state index is 0.281. The van der Waals surface area contributed by atoms with Gasteiger partial charge in [0, 0.05) is 6.54 Å². The van der Waals surface area contributed by atoms with Gasteiger partial charge in [0.2, 0.25) is 0 Å². The van der Waals surface area contributed by atoms with Crippen molar-refractivity contribution < 1.29 is 31.1 Å². The van der Waals surface area contributed by atoms with Gasteiger partial charge in [0.15, 0.2) is 0 Å². The lowest BCUT2D eigenvalue weighted by molar-refractivity contribution is -0.174. The van der Waals surface area contributed by atoms with Crippen LogP contribution in [-0.4, -0.2) is 18.6 Å². The van der Waals surface area contributed by atoms with Gasteiger partial charge in [-0.1, -0.05) is 6.07 Å². The fraction of sp³-hybridized carbons (Fsp3) is 0.364. The van der Waals surface area contributed by atoms with Crippen LogP contribution in [0.4, 0.5) is 32.0 Å². The number of alkyl halides is 6. The molecule has 1 heterocycles. The Hall–Kier alpha value is -1.77. The molecule has 0 radical (unpaired) electrons. The van der Waals surface area contributed by atoms with Crippen LogP contribution in [0.5, 0.6) is 0 Å². The summed E-state index contributed by atoms with van der Waals surface area (Å²) in [5.74, 6) is -3.58. The van der Waals surface area contributed by atoms with Crippen molar-refractivity contribution in [2.24, 2.45) is 5.92 Å². The average molecular weight is 298 g/mol. The van der Waals surface area contributed by atoms with Gasteiger partial charge in [-0.2, -0.15) is 26.3 Å². The molecule has 1 saturated heterocycles. The first-order valence-corrected chi connectivity index (χ1v) is 5.42. The zero-order chi connectivity index (χ0) is 15.1. The second-order valence-electron chi connectivity index (χ2n) is 4.18. The van der Waals surface area contributed by atoms with E-state index in [2.05, 4.69) is 5.43 Å². The summed E-state index contributed by atoms with van der Waals surface area (Å²) in [4.78, 5) is 11.6. The number of amides is 1. The molecule has 3 nitrogen and oxygen atoms in total. The number of hydrazine groups is 1. The van der Waals surface area contributed by atoms with Crippen LogP contribution in [0.25, 0.3) is 0 Å². The van der Waals surface area contributed by atoms with E-state index >= 15 is 0 Å². The number of rotatable bonds is 1. The zero-order valence-electron chi connectivity index (χ0n) is 9.72. The van der Waals surface area contributed by atoms with Crippen LogP contribution in [-0.2, 0) is 11.0 Å². The lowest BCUT2D eigenvalue weighted by Gasteiger charge is -2.18. The number of halogens is 6. The molecule has 1 aromatic carbocycles. The van der Waals surface area contributed by atoms with Crippen molar-refractivity contribution in [2.45, 2.75) is 12.4 Å². The Balaban J connectivity index is 2.28.